The number of pyridine rings is 1. The highest BCUT2D eigenvalue weighted by molar-refractivity contribution is 5.79. The summed E-state index contributed by atoms with van der Waals surface area (Å²) in [6.07, 6.45) is 6.46. The summed E-state index contributed by atoms with van der Waals surface area (Å²) < 4.78 is 0. The van der Waals surface area contributed by atoms with Gasteiger partial charge in [-0.25, -0.2) is 4.98 Å². The first-order valence-electron chi connectivity index (χ1n) is 10.5. The Morgan fingerprint density at radius 1 is 1.00 bits per heavy atom. The van der Waals surface area contributed by atoms with Gasteiger partial charge in [0.2, 0.25) is 5.91 Å². The zero-order valence-corrected chi connectivity index (χ0v) is 16.5. The van der Waals surface area contributed by atoms with E-state index in [1.807, 2.05) is 12.3 Å². The second kappa shape index (κ2) is 9.20. The van der Waals surface area contributed by atoms with Crippen molar-refractivity contribution < 1.29 is 4.79 Å². The van der Waals surface area contributed by atoms with Crippen molar-refractivity contribution in [1.82, 2.24) is 15.2 Å². The monoisotopic (exact) mass is 378 g/mol. The lowest BCUT2D eigenvalue weighted by Gasteiger charge is -2.32. The molecule has 1 amide bonds. The summed E-state index contributed by atoms with van der Waals surface area (Å²) in [6, 6.07) is 14.7. The number of likely N-dealkylation sites (tertiary alicyclic amines) is 1. The van der Waals surface area contributed by atoms with Crippen LogP contribution in [0.4, 0.5) is 5.82 Å². The van der Waals surface area contributed by atoms with Crippen molar-refractivity contribution in [1.29, 1.82) is 0 Å². The van der Waals surface area contributed by atoms with Crippen LogP contribution in [0.5, 0.6) is 0 Å². The molecule has 5 nitrogen and oxygen atoms in total. The van der Waals surface area contributed by atoms with E-state index in [2.05, 4.69) is 56.5 Å². The van der Waals surface area contributed by atoms with Gasteiger partial charge in [-0.05, 0) is 49.4 Å². The van der Waals surface area contributed by atoms with Gasteiger partial charge in [-0.1, -0.05) is 36.4 Å². The van der Waals surface area contributed by atoms with Gasteiger partial charge in [-0.2, -0.15) is 0 Å². The van der Waals surface area contributed by atoms with Gasteiger partial charge in [0.05, 0.1) is 5.92 Å². The fourth-order valence-corrected chi connectivity index (χ4v) is 4.24. The lowest BCUT2D eigenvalue weighted by Crippen LogP contribution is -2.42. The van der Waals surface area contributed by atoms with Crippen molar-refractivity contribution in [3.63, 3.8) is 0 Å². The maximum atomic E-state index is 12.7. The van der Waals surface area contributed by atoms with Crippen LogP contribution in [0.15, 0.2) is 48.7 Å². The predicted octanol–water partition coefficient (Wildman–Crippen LogP) is 3.21. The van der Waals surface area contributed by atoms with E-state index in [9.17, 15) is 4.79 Å². The molecule has 2 aromatic rings. The van der Waals surface area contributed by atoms with Crippen LogP contribution in [0, 0.1) is 5.92 Å². The number of rotatable bonds is 6. The first kappa shape index (κ1) is 18.9. The number of amides is 1. The number of piperidine rings is 1. The Morgan fingerprint density at radius 3 is 2.57 bits per heavy atom. The molecule has 148 valence electrons. The average Bonchev–Trinajstić information content (AvgIpc) is 3.28. The molecule has 2 aliphatic rings. The van der Waals surface area contributed by atoms with Gasteiger partial charge in [-0.15, -0.1) is 0 Å². The van der Waals surface area contributed by atoms with Crippen molar-refractivity contribution in [3.05, 3.63) is 59.8 Å². The molecule has 0 bridgehead atoms. The summed E-state index contributed by atoms with van der Waals surface area (Å²) in [4.78, 5) is 22.0. The molecule has 3 heterocycles. The number of nitrogens with zero attached hydrogens (tertiary/aromatic N) is 3. The Balaban J connectivity index is 1.26. The molecule has 2 fully saturated rings. The second-order valence-corrected chi connectivity index (χ2v) is 8.00. The molecule has 0 spiro atoms. The fraction of sp³-hybridized carbons (Fsp3) is 0.478. The Morgan fingerprint density at radius 2 is 1.82 bits per heavy atom. The molecule has 0 radical (unpaired) electrons. The van der Waals surface area contributed by atoms with E-state index in [0.29, 0.717) is 6.54 Å². The number of hydrogen-bond donors (Lipinski definition) is 1. The molecule has 28 heavy (non-hydrogen) atoms. The van der Waals surface area contributed by atoms with Gasteiger partial charge in [0.15, 0.2) is 0 Å². The van der Waals surface area contributed by atoms with Gasteiger partial charge >= 0.3 is 0 Å². The summed E-state index contributed by atoms with van der Waals surface area (Å²) in [5.74, 6) is 1.30. The highest BCUT2D eigenvalue weighted by atomic mass is 16.1. The lowest BCUT2D eigenvalue weighted by atomic mass is 9.96. The van der Waals surface area contributed by atoms with E-state index in [1.54, 1.807) is 0 Å². The summed E-state index contributed by atoms with van der Waals surface area (Å²) in [5.41, 5.74) is 2.38. The number of aromatic nitrogens is 1. The third-order valence-electron chi connectivity index (χ3n) is 5.83. The lowest BCUT2D eigenvalue weighted by molar-refractivity contribution is -0.126. The van der Waals surface area contributed by atoms with Crippen molar-refractivity contribution in [2.75, 3.05) is 31.1 Å². The first-order chi connectivity index (χ1) is 13.8. The molecule has 4 rings (SSSR count). The zero-order chi connectivity index (χ0) is 19.2. The van der Waals surface area contributed by atoms with Gasteiger partial charge in [0, 0.05) is 38.9 Å². The van der Waals surface area contributed by atoms with E-state index in [1.165, 1.54) is 18.4 Å². The third kappa shape index (κ3) is 4.90. The average molecular weight is 379 g/mol. The summed E-state index contributed by atoms with van der Waals surface area (Å²) in [6.45, 7) is 5.59. The van der Waals surface area contributed by atoms with Crippen LogP contribution >= 0.6 is 0 Å². The molecule has 1 N–H and O–H groups in total. The van der Waals surface area contributed by atoms with Gasteiger partial charge < -0.3 is 10.2 Å². The van der Waals surface area contributed by atoms with Crippen LogP contribution in [-0.4, -0.2) is 42.0 Å². The highest BCUT2D eigenvalue weighted by Crippen LogP contribution is 2.20. The zero-order valence-electron chi connectivity index (χ0n) is 16.5. The third-order valence-corrected chi connectivity index (χ3v) is 5.83. The quantitative estimate of drug-likeness (QED) is 0.839. The molecular weight excluding hydrogens is 348 g/mol. The molecule has 1 aromatic heterocycles. The summed E-state index contributed by atoms with van der Waals surface area (Å²) in [5, 5.41) is 3.12. The number of carbonyl (C=O) groups is 1. The van der Waals surface area contributed by atoms with Crippen molar-refractivity contribution in [3.8, 4) is 0 Å². The van der Waals surface area contributed by atoms with Crippen LogP contribution in [0.1, 0.15) is 36.8 Å². The summed E-state index contributed by atoms with van der Waals surface area (Å²) in [7, 11) is 0. The minimum absolute atomic E-state index is 0.0781. The van der Waals surface area contributed by atoms with Crippen LogP contribution in [0.3, 0.4) is 0 Å². The van der Waals surface area contributed by atoms with Crippen LogP contribution in [0.2, 0.25) is 0 Å². The normalized spacial score (nSPS) is 20.3. The molecule has 1 aromatic carbocycles. The predicted molar refractivity (Wildman–Crippen MR) is 112 cm³/mol. The number of hydrogen-bond acceptors (Lipinski definition) is 4. The molecule has 1 atom stereocenters. The Bertz CT molecular complexity index is 756. The maximum absolute atomic E-state index is 12.7. The number of benzene rings is 1. The van der Waals surface area contributed by atoms with E-state index in [4.69, 9.17) is 0 Å². The molecule has 2 aliphatic heterocycles. The highest BCUT2D eigenvalue weighted by Gasteiger charge is 2.25. The first-order valence-corrected chi connectivity index (χ1v) is 10.5. The minimum Gasteiger partial charge on any atom is -0.357 e. The van der Waals surface area contributed by atoms with Crippen LogP contribution in [-0.2, 0) is 17.9 Å². The van der Waals surface area contributed by atoms with Crippen LogP contribution in [0.25, 0.3) is 0 Å². The molecule has 1 unspecified atom stereocenters. The van der Waals surface area contributed by atoms with Crippen molar-refractivity contribution in [2.45, 2.75) is 38.8 Å². The molecule has 0 saturated carbocycles. The largest absolute Gasteiger partial charge is 0.357 e. The number of anilines is 1. The number of carbonyl (C=O) groups excluding carboxylic acids is 1. The fourth-order valence-electron chi connectivity index (χ4n) is 4.24. The van der Waals surface area contributed by atoms with Crippen molar-refractivity contribution in [2.24, 2.45) is 5.92 Å². The number of nitrogens with one attached hydrogen (secondary N) is 1. The van der Waals surface area contributed by atoms with E-state index >= 15 is 0 Å². The summed E-state index contributed by atoms with van der Waals surface area (Å²) >= 11 is 0. The van der Waals surface area contributed by atoms with E-state index in [-0.39, 0.29) is 11.8 Å². The second-order valence-electron chi connectivity index (χ2n) is 8.00. The minimum atomic E-state index is 0.0781. The maximum Gasteiger partial charge on any atom is 0.224 e. The smallest absolute Gasteiger partial charge is 0.224 e. The van der Waals surface area contributed by atoms with Crippen LogP contribution < -0.4 is 10.2 Å². The van der Waals surface area contributed by atoms with Crippen molar-refractivity contribution >= 4 is 11.7 Å². The molecule has 0 aliphatic carbocycles. The standard InChI is InChI=1S/C23H30N4O/c28-23(21-9-6-12-26(18-21)17-19-7-2-1-3-8-19)25-16-20-10-11-22(24-15-20)27-13-4-5-14-27/h1-3,7-8,10-11,15,21H,4-6,9,12-14,16-18H2,(H,25,28). The van der Waals surface area contributed by atoms with Gasteiger partial charge in [0.1, 0.15) is 5.82 Å². The topological polar surface area (TPSA) is 48.5 Å². The molecular formula is C23H30N4O. The Kier molecular flexibility index (Phi) is 6.22. The molecule has 5 heteroatoms. The van der Waals surface area contributed by atoms with Gasteiger partial charge in [-0.3, -0.25) is 9.69 Å². The van der Waals surface area contributed by atoms with E-state index in [0.717, 1.165) is 56.9 Å². The van der Waals surface area contributed by atoms with E-state index < -0.39 is 0 Å². The Labute approximate surface area is 167 Å². The SMILES string of the molecule is O=C(NCc1ccc(N2CCCC2)nc1)C1CCCN(Cc2ccccc2)C1. The molecule has 2 saturated heterocycles. The Hall–Kier alpha value is -2.40. The van der Waals surface area contributed by atoms with Gasteiger partial charge in [0.25, 0.3) is 0 Å².